The molecule has 2 fully saturated rings. The van der Waals surface area contributed by atoms with Crippen molar-refractivity contribution in [2.75, 3.05) is 32.9 Å². The third-order valence-corrected chi connectivity index (χ3v) is 4.83. The first-order valence-electron chi connectivity index (χ1n) is 8.70. The summed E-state index contributed by atoms with van der Waals surface area (Å²) in [7, 11) is 0. The molecule has 5 nitrogen and oxygen atoms in total. The van der Waals surface area contributed by atoms with Crippen molar-refractivity contribution in [3.05, 3.63) is 30.1 Å². The maximum atomic E-state index is 12.2. The Morgan fingerprint density at radius 1 is 1.22 bits per heavy atom. The van der Waals surface area contributed by atoms with Crippen LogP contribution in [-0.4, -0.2) is 54.8 Å². The molecule has 2 aliphatic rings. The SMILES string of the molecule is O=C(COC[C@@H]1CCCCO1)N1CCC(c2ccncc2)CC1. The lowest BCUT2D eigenvalue weighted by atomic mass is 9.90. The molecule has 0 aliphatic carbocycles. The van der Waals surface area contributed by atoms with Gasteiger partial charge in [-0.15, -0.1) is 0 Å². The van der Waals surface area contributed by atoms with Crippen molar-refractivity contribution in [3.63, 3.8) is 0 Å². The summed E-state index contributed by atoms with van der Waals surface area (Å²) in [5.74, 6) is 0.646. The van der Waals surface area contributed by atoms with Crippen molar-refractivity contribution in [2.45, 2.75) is 44.1 Å². The fraction of sp³-hybridized carbons (Fsp3) is 0.667. The molecule has 0 N–H and O–H groups in total. The average Bonchev–Trinajstić information content (AvgIpc) is 2.63. The predicted molar refractivity (Wildman–Crippen MR) is 87.2 cm³/mol. The summed E-state index contributed by atoms with van der Waals surface area (Å²) in [5.41, 5.74) is 1.33. The van der Waals surface area contributed by atoms with Crippen molar-refractivity contribution >= 4 is 5.91 Å². The van der Waals surface area contributed by atoms with Crippen LogP contribution in [0.1, 0.15) is 43.6 Å². The third-order valence-electron chi connectivity index (χ3n) is 4.83. The van der Waals surface area contributed by atoms with Crippen molar-refractivity contribution < 1.29 is 14.3 Å². The van der Waals surface area contributed by atoms with Crippen LogP contribution in [0.5, 0.6) is 0 Å². The lowest BCUT2D eigenvalue weighted by Gasteiger charge is -2.32. The maximum absolute atomic E-state index is 12.2. The summed E-state index contributed by atoms with van der Waals surface area (Å²) in [6.45, 7) is 3.17. The molecule has 2 aliphatic heterocycles. The van der Waals surface area contributed by atoms with E-state index in [1.807, 2.05) is 17.3 Å². The van der Waals surface area contributed by atoms with Crippen molar-refractivity contribution in [1.29, 1.82) is 0 Å². The fourth-order valence-electron chi connectivity index (χ4n) is 3.41. The fourth-order valence-corrected chi connectivity index (χ4v) is 3.41. The molecule has 0 saturated carbocycles. The first-order valence-corrected chi connectivity index (χ1v) is 8.70. The van der Waals surface area contributed by atoms with Gasteiger partial charge in [-0.05, 0) is 55.7 Å². The van der Waals surface area contributed by atoms with Crippen LogP contribution < -0.4 is 0 Å². The summed E-state index contributed by atoms with van der Waals surface area (Å²) in [4.78, 5) is 18.2. The van der Waals surface area contributed by atoms with Gasteiger partial charge in [0.1, 0.15) is 6.61 Å². The molecule has 1 aromatic rings. The van der Waals surface area contributed by atoms with Crippen LogP contribution in [0.15, 0.2) is 24.5 Å². The Balaban J connectivity index is 1.36. The molecule has 2 saturated heterocycles. The van der Waals surface area contributed by atoms with Gasteiger partial charge in [-0.25, -0.2) is 0 Å². The summed E-state index contributed by atoms with van der Waals surface area (Å²) in [5, 5.41) is 0. The molecule has 1 amide bonds. The molecule has 5 heteroatoms. The largest absolute Gasteiger partial charge is 0.376 e. The second-order valence-corrected chi connectivity index (χ2v) is 6.44. The molecule has 23 heavy (non-hydrogen) atoms. The monoisotopic (exact) mass is 318 g/mol. The van der Waals surface area contributed by atoms with Crippen molar-refractivity contribution in [3.8, 4) is 0 Å². The highest BCUT2D eigenvalue weighted by Crippen LogP contribution is 2.27. The van der Waals surface area contributed by atoms with E-state index >= 15 is 0 Å². The van der Waals surface area contributed by atoms with Gasteiger partial charge in [-0.2, -0.15) is 0 Å². The summed E-state index contributed by atoms with van der Waals surface area (Å²) in [6, 6.07) is 4.16. The van der Waals surface area contributed by atoms with E-state index in [1.54, 1.807) is 0 Å². The molecule has 1 atom stereocenters. The second kappa shape index (κ2) is 8.41. The Bertz CT molecular complexity index is 480. The smallest absolute Gasteiger partial charge is 0.248 e. The first-order chi connectivity index (χ1) is 11.3. The molecule has 0 aromatic carbocycles. The quantitative estimate of drug-likeness (QED) is 0.836. The lowest BCUT2D eigenvalue weighted by molar-refractivity contribution is -0.139. The van der Waals surface area contributed by atoms with E-state index < -0.39 is 0 Å². The van der Waals surface area contributed by atoms with Crippen LogP contribution in [0.25, 0.3) is 0 Å². The van der Waals surface area contributed by atoms with Gasteiger partial charge in [0.15, 0.2) is 0 Å². The van der Waals surface area contributed by atoms with Gasteiger partial charge < -0.3 is 14.4 Å². The van der Waals surface area contributed by atoms with Gasteiger partial charge in [-0.1, -0.05) is 0 Å². The highest BCUT2D eigenvalue weighted by Gasteiger charge is 2.24. The van der Waals surface area contributed by atoms with Crippen LogP contribution >= 0.6 is 0 Å². The van der Waals surface area contributed by atoms with E-state index in [0.717, 1.165) is 45.4 Å². The molecule has 3 heterocycles. The topological polar surface area (TPSA) is 51.7 Å². The molecule has 0 radical (unpaired) electrons. The minimum atomic E-state index is 0.106. The molecule has 0 unspecified atom stereocenters. The number of carbonyl (C=O) groups is 1. The zero-order chi connectivity index (χ0) is 15.9. The summed E-state index contributed by atoms with van der Waals surface area (Å²) in [6.07, 6.45) is 9.28. The average molecular weight is 318 g/mol. The van der Waals surface area contributed by atoms with Gasteiger partial charge in [0.25, 0.3) is 0 Å². The van der Waals surface area contributed by atoms with Crippen LogP contribution in [0, 0.1) is 0 Å². The standard InChI is InChI=1S/C18H26N2O3/c21-18(14-22-13-17-3-1-2-12-23-17)20-10-6-16(7-11-20)15-4-8-19-9-5-15/h4-5,8-9,16-17H,1-3,6-7,10-14H2/t17-/m0/s1. The van der Waals surface area contributed by atoms with E-state index in [2.05, 4.69) is 17.1 Å². The zero-order valence-electron chi connectivity index (χ0n) is 13.7. The summed E-state index contributed by atoms with van der Waals surface area (Å²) < 4.78 is 11.2. The minimum absolute atomic E-state index is 0.106. The normalized spacial score (nSPS) is 23.0. The van der Waals surface area contributed by atoms with E-state index in [1.165, 1.54) is 12.0 Å². The number of ether oxygens (including phenoxy) is 2. The number of rotatable bonds is 5. The highest BCUT2D eigenvalue weighted by atomic mass is 16.5. The Morgan fingerprint density at radius 2 is 2.00 bits per heavy atom. The van der Waals surface area contributed by atoms with Crippen LogP contribution in [-0.2, 0) is 14.3 Å². The van der Waals surface area contributed by atoms with Gasteiger partial charge in [0.05, 0.1) is 12.7 Å². The molecule has 3 rings (SSSR count). The molecule has 1 aromatic heterocycles. The second-order valence-electron chi connectivity index (χ2n) is 6.44. The molecule has 0 spiro atoms. The molecular formula is C18H26N2O3. The summed E-state index contributed by atoms with van der Waals surface area (Å²) >= 11 is 0. The first kappa shape index (κ1) is 16.4. The number of nitrogens with zero attached hydrogens (tertiary/aromatic N) is 2. The van der Waals surface area contributed by atoms with Crippen molar-refractivity contribution in [2.24, 2.45) is 0 Å². The van der Waals surface area contributed by atoms with E-state index in [0.29, 0.717) is 12.5 Å². The third kappa shape index (κ3) is 4.75. The Kier molecular flexibility index (Phi) is 6.00. The number of aromatic nitrogens is 1. The molecular weight excluding hydrogens is 292 g/mol. The van der Waals surface area contributed by atoms with Gasteiger partial charge in [0.2, 0.25) is 5.91 Å². The molecule has 0 bridgehead atoms. The Labute approximate surface area is 138 Å². The minimum Gasteiger partial charge on any atom is -0.376 e. The number of likely N-dealkylation sites (tertiary alicyclic amines) is 1. The van der Waals surface area contributed by atoms with E-state index in [-0.39, 0.29) is 18.6 Å². The lowest BCUT2D eigenvalue weighted by Crippen LogP contribution is -2.40. The van der Waals surface area contributed by atoms with Crippen LogP contribution in [0.2, 0.25) is 0 Å². The highest BCUT2D eigenvalue weighted by molar-refractivity contribution is 5.77. The zero-order valence-corrected chi connectivity index (χ0v) is 13.7. The van der Waals surface area contributed by atoms with Gasteiger partial charge >= 0.3 is 0 Å². The number of hydrogen-bond acceptors (Lipinski definition) is 4. The number of pyridine rings is 1. The van der Waals surface area contributed by atoms with Gasteiger partial charge in [0, 0.05) is 32.1 Å². The molecule has 126 valence electrons. The maximum Gasteiger partial charge on any atom is 0.248 e. The van der Waals surface area contributed by atoms with Crippen molar-refractivity contribution in [1.82, 2.24) is 9.88 Å². The Morgan fingerprint density at radius 3 is 2.70 bits per heavy atom. The number of amides is 1. The van der Waals surface area contributed by atoms with Crippen LogP contribution in [0.3, 0.4) is 0 Å². The van der Waals surface area contributed by atoms with Gasteiger partial charge in [-0.3, -0.25) is 9.78 Å². The van der Waals surface area contributed by atoms with Crippen LogP contribution in [0.4, 0.5) is 0 Å². The number of piperidine rings is 1. The van der Waals surface area contributed by atoms with E-state index in [4.69, 9.17) is 9.47 Å². The number of hydrogen-bond donors (Lipinski definition) is 0. The number of carbonyl (C=O) groups excluding carboxylic acids is 1. The predicted octanol–water partition coefficient (Wildman–Crippen LogP) is 2.37. The Hall–Kier alpha value is -1.46. The van der Waals surface area contributed by atoms with E-state index in [9.17, 15) is 4.79 Å².